The number of benzene rings is 8. The molecule has 0 aliphatic rings. The minimum atomic E-state index is -0.259. The average Bonchev–Trinajstić information content (AvgIpc) is 3.78. The third-order valence-corrected chi connectivity index (χ3v) is 9.56. The normalized spacial score (nSPS) is 13.3. The lowest BCUT2D eigenvalue weighted by atomic mass is 9.99. The van der Waals surface area contributed by atoms with Gasteiger partial charge in [-0.2, -0.15) is 0 Å². The molecule has 0 fully saturated rings. The van der Waals surface area contributed by atoms with Crippen LogP contribution >= 0.6 is 0 Å². The van der Waals surface area contributed by atoms with E-state index >= 15 is 0 Å². The van der Waals surface area contributed by atoms with E-state index in [0.29, 0.717) is 21.8 Å². The number of aromatic nitrogens is 2. The zero-order valence-corrected chi connectivity index (χ0v) is 26.9. The Bertz CT molecular complexity index is 3170. The molecule has 2 heterocycles. The lowest BCUT2D eigenvalue weighted by molar-refractivity contribution is 1.18. The average molecular weight is 643 g/mol. The van der Waals surface area contributed by atoms with E-state index in [-0.39, 0.29) is 47.4 Å². The van der Waals surface area contributed by atoms with Crippen LogP contribution in [0.4, 0.5) is 0 Å². The molecule has 0 spiro atoms. The van der Waals surface area contributed by atoms with Crippen molar-refractivity contribution in [2.24, 2.45) is 0 Å². The summed E-state index contributed by atoms with van der Waals surface area (Å²) in [7, 11) is 0. The Morgan fingerprint density at radius 3 is 1.40 bits per heavy atom. The van der Waals surface area contributed by atoms with Crippen LogP contribution in [0.5, 0.6) is 0 Å². The van der Waals surface area contributed by atoms with Crippen molar-refractivity contribution in [1.29, 1.82) is 0 Å². The molecule has 0 saturated carbocycles. The summed E-state index contributed by atoms with van der Waals surface area (Å²) in [4.78, 5) is 0. The van der Waals surface area contributed by atoms with Crippen molar-refractivity contribution in [1.82, 2.24) is 9.13 Å². The Balaban J connectivity index is 1.27. The van der Waals surface area contributed by atoms with Gasteiger partial charge in [0.25, 0.3) is 0 Å². The highest BCUT2D eigenvalue weighted by molar-refractivity contribution is 6.13. The molecule has 10 rings (SSSR count). The lowest BCUT2D eigenvalue weighted by Crippen LogP contribution is -1.94. The molecule has 2 aromatic heterocycles. The second-order valence-electron chi connectivity index (χ2n) is 12.5. The molecular formula is C48H32N2. The molecule has 0 aliphatic heterocycles. The van der Waals surface area contributed by atoms with Crippen LogP contribution in [0.25, 0.3) is 88.4 Å². The second kappa shape index (κ2) is 11.5. The smallest absolute Gasteiger partial charge is 0.0645 e. The van der Waals surface area contributed by atoms with Crippen LogP contribution in [-0.4, -0.2) is 9.13 Å². The Morgan fingerprint density at radius 1 is 0.300 bits per heavy atom. The van der Waals surface area contributed by atoms with Gasteiger partial charge in [0, 0.05) is 32.9 Å². The van der Waals surface area contributed by atoms with E-state index in [9.17, 15) is 8.22 Å². The summed E-state index contributed by atoms with van der Waals surface area (Å²) in [5.74, 6) is 0. The molecule has 0 radical (unpaired) electrons. The number of fused-ring (bicyclic) bond motifs is 6. The standard InChI is InChI=1S/C48H32N2/c1-4-12-33(13-5-1)35-20-25-40(26-21-35)50-45-19-11-10-18-41(45)42-31-37(23-28-46(42)50)38-24-29-48-44(32-38)43-30-36(34-14-6-2-7-15-34)22-27-47(43)49(48)39-16-8-3-9-17-39/h1-32H/i23D,24D,28D,29D,31D,32D. The number of para-hydroxylation sites is 2. The van der Waals surface area contributed by atoms with Crippen molar-refractivity contribution in [3.63, 3.8) is 0 Å². The Hall–Kier alpha value is -6.64. The fourth-order valence-corrected chi connectivity index (χ4v) is 7.18. The first-order chi connectivity index (χ1) is 27.3. The predicted molar refractivity (Wildman–Crippen MR) is 211 cm³/mol. The molecule has 0 saturated heterocycles. The molecule has 0 atom stereocenters. The molecule has 0 bridgehead atoms. The topological polar surface area (TPSA) is 9.86 Å². The molecule has 2 nitrogen and oxygen atoms in total. The summed E-state index contributed by atoms with van der Waals surface area (Å²) in [6, 6.07) is 50.7. The molecular weight excluding hydrogens is 605 g/mol. The minimum Gasteiger partial charge on any atom is -0.309 e. The van der Waals surface area contributed by atoms with Gasteiger partial charge in [-0.1, -0.05) is 127 Å². The van der Waals surface area contributed by atoms with Crippen LogP contribution in [0, 0.1) is 0 Å². The fourth-order valence-electron chi connectivity index (χ4n) is 7.18. The van der Waals surface area contributed by atoms with E-state index in [2.05, 4.69) is 12.1 Å². The van der Waals surface area contributed by atoms with Crippen LogP contribution in [0.1, 0.15) is 8.22 Å². The quantitative estimate of drug-likeness (QED) is 0.177. The first-order valence-electron chi connectivity index (χ1n) is 19.7. The highest BCUT2D eigenvalue weighted by Crippen LogP contribution is 2.39. The van der Waals surface area contributed by atoms with Crippen LogP contribution < -0.4 is 0 Å². The van der Waals surface area contributed by atoms with E-state index < -0.39 is 0 Å². The third kappa shape index (κ3) is 4.57. The first kappa shape index (κ1) is 22.8. The Morgan fingerprint density at radius 2 is 0.760 bits per heavy atom. The molecule has 0 unspecified atom stereocenters. The van der Waals surface area contributed by atoms with Crippen LogP contribution in [0.15, 0.2) is 194 Å². The van der Waals surface area contributed by atoms with E-state index in [1.54, 1.807) is 0 Å². The highest BCUT2D eigenvalue weighted by atomic mass is 15.0. The summed E-state index contributed by atoms with van der Waals surface area (Å²) < 4.78 is 61.6. The van der Waals surface area contributed by atoms with Crippen molar-refractivity contribution in [3.8, 4) is 44.8 Å². The number of hydrogen-bond donors (Lipinski definition) is 0. The monoisotopic (exact) mass is 642 g/mol. The summed E-state index contributed by atoms with van der Waals surface area (Å²) in [5, 5.41) is 2.38. The summed E-state index contributed by atoms with van der Waals surface area (Å²) in [5.41, 5.74) is 8.05. The van der Waals surface area contributed by atoms with E-state index in [4.69, 9.17) is 0 Å². The van der Waals surface area contributed by atoms with E-state index in [0.717, 1.165) is 55.4 Å². The molecule has 0 N–H and O–H groups in total. The molecule has 0 amide bonds. The largest absolute Gasteiger partial charge is 0.309 e. The van der Waals surface area contributed by atoms with Gasteiger partial charge in [0.05, 0.1) is 30.3 Å². The maximum absolute atomic E-state index is 9.86. The van der Waals surface area contributed by atoms with Gasteiger partial charge in [0.2, 0.25) is 0 Å². The SMILES string of the molecule is [2H]c1c(-c2c([2H])c([2H])c3c(c2[2H])c2cc(-c4ccccc4)ccc2n3-c2ccccc2)c([2H])c2c3ccccc3n(-c3ccc(-c4ccccc4)cc3)c2c1[2H]. The second-order valence-corrected chi connectivity index (χ2v) is 12.5. The molecule has 2 heteroatoms. The number of rotatable bonds is 5. The molecule has 234 valence electrons. The summed E-state index contributed by atoms with van der Waals surface area (Å²) in [6.45, 7) is 0. The van der Waals surface area contributed by atoms with Crippen molar-refractivity contribution in [2.45, 2.75) is 0 Å². The third-order valence-electron chi connectivity index (χ3n) is 9.56. The number of nitrogens with zero attached hydrogens (tertiary/aromatic N) is 2. The van der Waals surface area contributed by atoms with Gasteiger partial charge >= 0.3 is 0 Å². The zero-order valence-electron chi connectivity index (χ0n) is 32.9. The van der Waals surface area contributed by atoms with Gasteiger partial charge < -0.3 is 9.13 Å². The summed E-state index contributed by atoms with van der Waals surface area (Å²) >= 11 is 0. The van der Waals surface area contributed by atoms with Crippen molar-refractivity contribution in [3.05, 3.63) is 194 Å². The maximum Gasteiger partial charge on any atom is 0.0645 e. The van der Waals surface area contributed by atoms with E-state index in [1.165, 1.54) is 0 Å². The fraction of sp³-hybridized carbons (Fsp3) is 0. The van der Waals surface area contributed by atoms with Gasteiger partial charge in [-0.15, -0.1) is 0 Å². The molecule has 0 aliphatic carbocycles. The van der Waals surface area contributed by atoms with Gasteiger partial charge in [-0.3, -0.25) is 0 Å². The highest BCUT2D eigenvalue weighted by Gasteiger charge is 2.17. The zero-order chi connectivity index (χ0) is 38.2. The Labute approximate surface area is 299 Å². The maximum atomic E-state index is 9.86. The first-order valence-corrected chi connectivity index (χ1v) is 16.7. The Kier molecular flexibility index (Phi) is 5.26. The molecule has 8 aromatic carbocycles. The minimum absolute atomic E-state index is 0.00849. The number of hydrogen-bond acceptors (Lipinski definition) is 0. The van der Waals surface area contributed by atoms with Crippen molar-refractivity contribution >= 4 is 43.6 Å². The lowest BCUT2D eigenvalue weighted by Gasteiger charge is -2.10. The van der Waals surface area contributed by atoms with Gasteiger partial charge in [-0.05, 0) is 100 Å². The van der Waals surface area contributed by atoms with Crippen molar-refractivity contribution < 1.29 is 8.22 Å². The van der Waals surface area contributed by atoms with E-state index in [1.807, 2.05) is 155 Å². The summed E-state index contributed by atoms with van der Waals surface area (Å²) in [6.07, 6.45) is 0. The molecule has 50 heavy (non-hydrogen) atoms. The van der Waals surface area contributed by atoms with Crippen LogP contribution in [0.2, 0.25) is 0 Å². The van der Waals surface area contributed by atoms with Gasteiger partial charge in [0.1, 0.15) is 0 Å². The van der Waals surface area contributed by atoms with Crippen LogP contribution in [-0.2, 0) is 0 Å². The molecule has 10 aromatic rings. The van der Waals surface area contributed by atoms with Crippen molar-refractivity contribution in [2.75, 3.05) is 0 Å². The predicted octanol–water partition coefficient (Wildman–Crippen LogP) is 12.9. The van der Waals surface area contributed by atoms with Crippen LogP contribution in [0.3, 0.4) is 0 Å². The van der Waals surface area contributed by atoms with Gasteiger partial charge in [0.15, 0.2) is 0 Å². The van der Waals surface area contributed by atoms with Gasteiger partial charge in [-0.25, -0.2) is 0 Å².